The van der Waals surface area contributed by atoms with Crippen LogP contribution in [0, 0.1) is 17.7 Å². The Kier molecular flexibility index (Phi) is 10.5. The number of aromatic nitrogens is 2. The van der Waals surface area contributed by atoms with Crippen molar-refractivity contribution in [3.05, 3.63) is 71.2 Å². The van der Waals surface area contributed by atoms with Gasteiger partial charge in [-0.1, -0.05) is 20.8 Å². The summed E-state index contributed by atoms with van der Waals surface area (Å²) in [7, 11) is 0. The number of nitrogens with one attached hydrogen (secondary N) is 1. The van der Waals surface area contributed by atoms with Crippen molar-refractivity contribution < 1.29 is 23.5 Å². The SMILES string of the molecule is CC1CC(=O)N(Cc2cc(F)c(C(=O)NC3CCN(CC4CCOCC4)CC3)cc2Oc2ccc(-c3ccc(C(C)C)nn3)cc2)C1. The minimum atomic E-state index is -0.625. The highest BCUT2D eigenvalue weighted by atomic mass is 19.1. The fourth-order valence-corrected chi connectivity index (χ4v) is 6.76. The largest absolute Gasteiger partial charge is 0.457 e. The fraction of sp³-hybridized carbons (Fsp3) is 0.514. The van der Waals surface area contributed by atoms with Crippen molar-refractivity contribution in [2.45, 2.75) is 71.4 Å². The molecule has 250 valence electrons. The molecule has 3 saturated heterocycles. The van der Waals surface area contributed by atoms with E-state index in [2.05, 4.69) is 34.3 Å². The molecule has 1 atom stereocenters. The molecule has 3 aromatic rings. The molecule has 6 rings (SSSR count). The zero-order valence-electron chi connectivity index (χ0n) is 27.7. The Morgan fingerprint density at radius 2 is 1.79 bits per heavy atom. The predicted octanol–water partition coefficient (Wildman–Crippen LogP) is 6.19. The number of hydrogen-bond acceptors (Lipinski definition) is 7. The minimum absolute atomic E-state index is 0.0224. The summed E-state index contributed by atoms with van der Waals surface area (Å²) in [6.45, 7) is 11.6. The summed E-state index contributed by atoms with van der Waals surface area (Å²) < 4.78 is 27.4. The van der Waals surface area contributed by atoms with Gasteiger partial charge >= 0.3 is 0 Å². The third-order valence-corrected chi connectivity index (χ3v) is 9.60. The van der Waals surface area contributed by atoms with E-state index in [1.807, 2.05) is 43.3 Å². The number of carbonyl (C=O) groups excluding carboxylic acids is 2. The smallest absolute Gasteiger partial charge is 0.254 e. The maximum Gasteiger partial charge on any atom is 0.254 e. The molecule has 0 aliphatic carbocycles. The van der Waals surface area contributed by atoms with Crippen LogP contribution in [0.5, 0.6) is 11.5 Å². The number of benzene rings is 2. The first-order valence-electron chi connectivity index (χ1n) is 17.0. The van der Waals surface area contributed by atoms with Crippen molar-refractivity contribution in [2.24, 2.45) is 11.8 Å². The van der Waals surface area contributed by atoms with Gasteiger partial charge in [0.25, 0.3) is 5.91 Å². The van der Waals surface area contributed by atoms with Gasteiger partial charge in [-0.25, -0.2) is 4.39 Å². The highest BCUT2D eigenvalue weighted by Crippen LogP contribution is 2.32. The van der Waals surface area contributed by atoms with E-state index in [1.54, 1.807) is 4.90 Å². The number of carbonyl (C=O) groups is 2. The minimum Gasteiger partial charge on any atom is -0.457 e. The number of rotatable bonds is 10. The molecule has 4 heterocycles. The van der Waals surface area contributed by atoms with Gasteiger partial charge in [0.1, 0.15) is 17.3 Å². The third kappa shape index (κ3) is 8.34. The van der Waals surface area contributed by atoms with Crippen molar-refractivity contribution in [3.63, 3.8) is 0 Å². The highest BCUT2D eigenvalue weighted by molar-refractivity contribution is 5.95. The van der Waals surface area contributed by atoms with Gasteiger partial charge in [-0.15, -0.1) is 0 Å². The van der Waals surface area contributed by atoms with Crippen LogP contribution < -0.4 is 10.1 Å². The molecule has 47 heavy (non-hydrogen) atoms. The van der Waals surface area contributed by atoms with E-state index in [4.69, 9.17) is 9.47 Å². The number of nitrogens with zero attached hydrogens (tertiary/aromatic N) is 4. The molecule has 3 aliphatic heterocycles. The Morgan fingerprint density at radius 1 is 1.04 bits per heavy atom. The van der Waals surface area contributed by atoms with E-state index in [-0.39, 0.29) is 30.0 Å². The van der Waals surface area contributed by atoms with Crippen LogP contribution in [0.4, 0.5) is 4.39 Å². The Labute approximate surface area is 276 Å². The number of halogens is 1. The van der Waals surface area contributed by atoms with Crippen LogP contribution in [0.3, 0.4) is 0 Å². The molecule has 3 fully saturated rings. The molecule has 1 unspecified atom stereocenters. The quantitative estimate of drug-likeness (QED) is 0.282. The van der Waals surface area contributed by atoms with Gasteiger partial charge in [-0.3, -0.25) is 9.59 Å². The van der Waals surface area contributed by atoms with E-state index in [1.165, 1.54) is 12.1 Å². The normalized spacial score (nSPS) is 19.8. The Balaban J connectivity index is 1.16. The van der Waals surface area contributed by atoms with E-state index < -0.39 is 11.7 Å². The second kappa shape index (κ2) is 14.9. The van der Waals surface area contributed by atoms with Crippen LogP contribution in [-0.4, -0.2) is 77.2 Å². The maximum atomic E-state index is 15.6. The van der Waals surface area contributed by atoms with Gasteiger partial charge in [-0.2, -0.15) is 10.2 Å². The van der Waals surface area contributed by atoms with E-state index >= 15 is 4.39 Å². The molecule has 3 aliphatic rings. The van der Waals surface area contributed by atoms with Gasteiger partial charge in [0.2, 0.25) is 5.91 Å². The maximum absolute atomic E-state index is 15.6. The Bertz CT molecular complexity index is 1530. The number of likely N-dealkylation sites (tertiary alicyclic amines) is 2. The summed E-state index contributed by atoms with van der Waals surface area (Å²) in [5.41, 5.74) is 3.02. The number of piperidine rings is 1. The van der Waals surface area contributed by atoms with Crippen molar-refractivity contribution in [1.82, 2.24) is 25.3 Å². The van der Waals surface area contributed by atoms with E-state index in [0.29, 0.717) is 41.9 Å². The van der Waals surface area contributed by atoms with Crippen LogP contribution >= 0.6 is 0 Å². The van der Waals surface area contributed by atoms with Crippen LogP contribution in [0.25, 0.3) is 11.3 Å². The molecule has 0 bridgehead atoms. The Morgan fingerprint density at radius 3 is 2.43 bits per heavy atom. The average Bonchev–Trinajstić information content (AvgIpc) is 3.39. The number of amides is 2. The molecule has 0 radical (unpaired) electrons. The van der Waals surface area contributed by atoms with Crippen LogP contribution in [0.1, 0.15) is 80.4 Å². The summed E-state index contributed by atoms with van der Waals surface area (Å²) in [4.78, 5) is 30.3. The van der Waals surface area contributed by atoms with Crippen molar-refractivity contribution in [3.8, 4) is 22.8 Å². The standard InChI is InChI=1S/C37H46FN5O4/c1-24(2)33-8-9-34(41-40-33)27-4-6-30(7-5-27)47-35-20-31(32(38)19-28(35)23-43-21-25(3)18-36(43)44)37(45)39-29-10-14-42(15-11-29)22-26-12-16-46-17-13-26/h4-9,19-20,24-26,29H,10-18,21-23H2,1-3H3,(H,39,45). The fourth-order valence-electron chi connectivity index (χ4n) is 6.76. The zero-order chi connectivity index (χ0) is 32.9. The van der Waals surface area contributed by atoms with Crippen molar-refractivity contribution in [1.29, 1.82) is 0 Å². The van der Waals surface area contributed by atoms with Crippen molar-refractivity contribution >= 4 is 11.8 Å². The number of hydrogen-bond donors (Lipinski definition) is 1. The lowest BCUT2D eigenvalue weighted by Crippen LogP contribution is -2.46. The first-order chi connectivity index (χ1) is 22.7. The van der Waals surface area contributed by atoms with Gasteiger partial charge in [-0.05, 0) is 92.0 Å². The predicted molar refractivity (Wildman–Crippen MR) is 178 cm³/mol. The third-order valence-electron chi connectivity index (χ3n) is 9.60. The zero-order valence-corrected chi connectivity index (χ0v) is 27.7. The monoisotopic (exact) mass is 643 g/mol. The first kappa shape index (κ1) is 33.0. The molecule has 1 N–H and O–H groups in total. The van der Waals surface area contributed by atoms with Crippen molar-refractivity contribution in [2.75, 3.05) is 39.4 Å². The molecular weight excluding hydrogens is 597 g/mol. The van der Waals surface area contributed by atoms with Gasteiger partial charge in [0.15, 0.2) is 0 Å². The second-order valence-electron chi connectivity index (χ2n) is 13.8. The average molecular weight is 644 g/mol. The molecule has 2 amide bonds. The second-order valence-corrected chi connectivity index (χ2v) is 13.8. The first-order valence-corrected chi connectivity index (χ1v) is 17.0. The summed E-state index contributed by atoms with van der Waals surface area (Å²) >= 11 is 0. The van der Waals surface area contributed by atoms with Crippen LogP contribution in [-0.2, 0) is 16.1 Å². The molecule has 2 aromatic carbocycles. The lowest BCUT2D eigenvalue weighted by atomic mass is 9.97. The molecule has 10 heteroatoms. The summed E-state index contributed by atoms with van der Waals surface area (Å²) in [5, 5.41) is 11.8. The summed E-state index contributed by atoms with van der Waals surface area (Å²) in [5.74, 6) is 1.02. The molecular formula is C37H46FN5O4. The lowest BCUT2D eigenvalue weighted by Gasteiger charge is -2.35. The lowest BCUT2D eigenvalue weighted by molar-refractivity contribution is -0.128. The Hall–Kier alpha value is -3.89. The molecule has 1 aromatic heterocycles. The molecule has 9 nitrogen and oxygen atoms in total. The topological polar surface area (TPSA) is 96.9 Å². The number of ether oxygens (including phenoxy) is 2. The van der Waals surface area contributed by atoms with Gasteiger partial charge in [0.05, 0.1) is 17.0 Å². The van der Waals surface area contributed by atoms with E-state index in [9.17, 15) is 9.59 Å². The van der Waals surface area contributed by atoms with Crippen LogP contribution in [0.15, 0.2) is 48.5 Å². The van der Waals surface area contributed by atoms with E-state index in [0.717, 1.165) is 75.5 Å². The highest BCUT2D eigenvalue weighted by Gasteiger charge is 2.29. The molecule has 0 saturated carbocycles. The summed E-state index contributed by atoms with van der Waals surface area (Å²) in [6, 6.07) is 14.2. The summed E-state index contributed by atoms with van der Waals surface area (Å²) in [6.07, 6.45) is 4.32. The molecule has 0 spiro atoms. The van der Waals surface area contributed by atoms with Crippen LogP contribution in [0.2, 0.25) is 0 Å². The van der Waals surface area contributed by atoms with Gasteiger partial charge in [0, 0.05) is 69.5 Å². The van der Waals surface area contributed by atoms with Gasteiger partial charge < -0.3 is 24.6 Å².